The number of carbonyl (C=O) groups excluding carboxylic acids is 1. The average Bonchev–Trinajstić information content (AvgIpc) is 2.51. The highest BCUT2D eigenvalue weighted by molar-refractivity contribution is 5.97. The molecule has 0 saturated heterocycles. The Morgan fingerprint density at radius 2 is 2.10 bits per heavy atom. The second-order valence-corrected chi connectivity index (χ2v) is 5.91. The van der Waals surface area contributed by atoms with Crippen molar-refractivity contribution in [2.24, 2.45) is 11.7 Å². The minimum absolute atomic E-state index is 0.0796. The first-order valence-electron chi connectivity index (χ1n) is 7.89. The molecule has 0 aliphatic heterocycles. The van der Waals surface area contributed by atoms with Gasteiger partial charge in [0.1, 0.15) is 5.75 Å². The summed E-state index contributed by atoms with van der Waals surface area (Å²) in [5, 5.41) is 10.2. The molecule has 1 fully saturated rings. The third-order valence-corrected chi connectivity index (χ3v) is 4.64. The number of benzene rings is 1. The fourth-order valence-corrected chi connectivity index (χ4v) is 3.39. The van der Waals surface area contributed by atoms with E-state index in [1.807, 2.05) is 30.9 Å². The van der Waals surface area contributed by atoms with Gasteiger partial charge in [0.2, 0.25) is 0 Å². The van der Waals surface area contributed by atoms with E-state index in [2.05, 4.69) is 0 Å². The third-order valence-electron chi connectivity index (χ3n) is 4.64. The number of phenols is 1. The van der Waals surface area contributed by atoms with E-state index in [0.29, 0.717) is 24.6 Å². The summed E-state index contributed by atoms with van der Waals surface area (Å²) >= 11 is 0. The van der Waals surface area contributed by atoms with E-state index in [-0.39, 0.29) is 17.7 Å². The molecule has 3 N–H and O–H groups in total. The number of nitrogens with two attached hydrogens (primary N) is 1. The Bertz CT molecular complexity index is 502. The summed E-state index contributed by atoms with van der Waals surface area (Å²) < 4.78 is 0. The highest BCUT2D eigenvalue weighted by Gasteiger charge is 2.32. The lowest BCUT2D eigenvalue weighted by atomic mass is 9.83. The van der Waals surface area contributed by atoms with Crippen molar-refractivity contribution in [3.8, 4) is 5.75 Å². The smallest absolute Gasteiger partial charge is 0.257 e. The quantitative estimate of drug-likeness (QED) is 0.896. The Kier molecular flexibility index (Phi) is 5.23. The lowest BCUT2D eigenvalue weighted by Gasteiger charge is -2.39. The molecule has 116 valence electrons. The van der Waals surface area contributed by atoms with Crippen molar-refractivity contribution in [3.63, 3.8) is 0 Å². The molecule has 1 aromatic carbocycles. The summed E-state index contributed by atoms with van der Waals surface area (Å²) in [7, 11) is 0. The van der Waals surface area contributed by atoms with Crippen molar-refractivity contribution in [3.05, 3.63) is 29.3 Å². The first-order valence-corrected chi connectivity index (χ1v) is 7.89. The molecular formula is C17H26N2O2. The Balaban J connectivity index is 2.27. The van der Waals surface area contributed by atoms with Crippen molar-refractivity contribution in [2.75, 3.05) is 13.1 Å². The predicted molar refractivity (Wildman–Crippen MR) is 84.4 cm³/mol. The Labute approximate surface area is 126 Å². The maximum absolute atomic E-state index is 12.8. The van der Waals surface area contributed by atoms with Crippen molar-refractivity contribution in [2.45, 2.75) is 45.6 Å². The van der Waals surface area contributed by atoms with Gasteiger partial charge >= 0.3 is 0 Å². The van der Waals surface area contributed by atoms with Gasteiger partial charge in [-0.1, -0.05) is 25.0 Å². The molecular weight excluding hydrogens is 264 g/mol. The van der Waals surface area contributed by atoms with Crippen LogP contribution in [0.25, 0.3) is 0 Å². The fourth-order valence-electron chi connectivity index (χ4n) is 3.39. The SMILES string of the molecule is CCN(C(=O)c1cccc(C)c1O)C1CCCCC1CN. The van der Waals surface area contributed by atoms with Gasteiger partial charge < -0.3 is 15.7 Å². The molecule has 1 aliphatic carbocycles. The number of hydrogen-bond acceptors (Lipinski definition) is 3. The highest BCUT2D eigenvalue weighted by Crippen LogP contribution is 2.30. The molecule has 1 aromatic rings. The number of carbonyl (C=O) groups is 1. The standard InChI is InChI=1S/C17H26N2O2/c1-3-19(15-10-5-4-8-13(15)11-18)17(21)14-9-6-7-12(2)16(14)20/h6-7,9,13,15,20H,3-5,8,10-11,18H2,1-2H3. The van der Waals surface area contributed by atoms with E-state index in [9.17, 15) is 9.90 Å². The minimum Gasteiger partial charge on any atom is -0.507 e. The number of phenolic OH excluding ortho intramolecular Hbond substituents is 1. The second-order valence-electron chi connectivity index (χ2n) is 5.91. The van der Waals surface area contributed by atoms with Gasteiger partial charge in [0, 0.05) is 12.6 Å². The van der Waals surface area contributed by atoms with Gasteiger partial charge in [0.05, 0.1) is 5.56 Å². The van der Waals surface area contributed by atoms with Crippen LogP contribution in [0, 0.1) is 12.8 Å². The first-order chi connectivity index (χ1) is 10.1. The zero-order valence-corrected chi connectivity index (χ0v) is 13.0. The molecule has 2 unspecified atom stereocenters. The third kappa shape index (κ3) is 3.21. The van der Waals surface area contributed by atoms with Crippen LogP contribution in [0.5, 0.6) is 5.75 Å². The lowest BCUT2D eigenvalue weighted by Crippen LogP contribution is -2.48. The molecule has 0 spiro atoms. The summed E-state index contributed by atoms with van der Waals surface area (Å²) in [6.45, 7) is 5.07. The van der Waals surface area contributed by atoms with Gasteiger partial charge in [-0.3, -0.25) is 4.79 Å². The van der Waals surface area contributed by atoms with E-state index in [1.165, 1.54) is 6.42 Å². The predicted octanol–water partition coefficient (Wildman–Crippen LogP) is 2.68. The Morgan fingerprint density at radius 3 is 2.76 bits per heavy atom. The number of aromatic hydroxyl groups is 1. The lowest BCUT2D eigenvalue weighted by molar-refractivity contribution is 0.0557. The monoisotopic (exact) mass is 290 g/mol. The van der Waals surface area contributed by atoms with E-state index < -0.39 is 0 Å². The summed E-state index contributed by atoms with van der Waals surface area (Å²) in [4.78, 5) is 14.7. The van der Waals surface area contributed by atoms with Crippen LogP contribution >= 0.6 is 0 Å². The van der Waals surface area contributed by atoms with Crippen LogP contribution < -0.4 is 5.73 Å². The van der Waals surface area contributed by atoms with Crippen LogP contribution in [-0.2, 0) is 0 Å². The molecule has 21 heavy (non-hydrogen) atoms. The number of amides is 1. The van der Waals surface area contributed by atoms with Crippen LogP contribution in [0.4, 0.5) is 0 Å². The molecule has 1 amide bonds. The van der Waals surface area contributed by atoms with Crippen molar-refractivity contribution in [1.82, 2.24) is 4.90 Å². The molecule has 2 atom stereocenters. The highest BCUT2D eigenvalue weighted by atomic mass is 16.3. The van der Waals surface area contributed by atoms with Crippen LogP contribution in [0.2, 0.25) is 0 Å². The van der Waals surface area contributed by atoms with Crippen LogP contribution in [0.15, 0.2) is 18.2 Å². The molecule has 0 radical (unpaired) electrons. The van der Waals surface area contributed by atoms with Crippen molar-refractivity contribution < 1.29 is 9.90 Å². The number of rotatable bonds is 4. The maximum atomic E-state index is 12.8. The Morgan fingerprint density at radius 1 is 1.38 bits per heavy atom. The van der Waals surface area contributed by atoms with Gasteiger partial charge in [0.15, 0.2) is 0 Å². The van der Waals surface area contributed by atoms with Crippen molar-refractivity contribution in [1.29, 1.82) is 0 Å². The summed E-state index contributed by atoms with van der Waals surface area (Å²) in [6, 6.07) is 5.53. The molecule has 0 heterocycles. The minimum atomic E-state index is -0.0796. The number of hydrogen-bond donors (Lipinski definition) is 2. The molecule has 2 rings (SSSR count). The molecule has 1 saturated carbocycles. The zero-order valence-electron chi connectivity index (χ0n) is 13.0. The van der Waals surface area contributed by atoms with Crippen LogP contribution in [-0.4, -0.2) is 35.0 Å². The van der Waals surface area contributed by atoms with Gasteiger partial charge in [-0.25, -0.2) is 0 Å². The summed E-state index contributed by atoms with van der Waals surface area (Å²) in [6.07, 6.45) is 4.43. The van der Waals surface area contributed by atoms with Gasteiger partial charge in [-0.15, -0.1) is 0 Å². The van der Waals surface area contributed by atoms with Crippen LogP contribution in [0.3, 0.4) is 0 Å². The number of para-hydroxylation sites is 1. The van der Waals surface area contributed by atoms with Crippen molar-refractivity contribution >= 4 is 5.91 Å². The van der Waals surface area contributed by atoms with E-state index in [0.717, 1.165) is 24.8 Å². The largest absolute Gasteiger partial charge is 0.507 e. The number of aryl methyl sites for hydroxylation is 1. The summed E-state index contributed by atoms with van der Waals surface area (Å²) in [5.74, 6) is 0.389. The van der Waals surface area contributed by atoms with E-state index in [4.69, 9.17) is 5.73 Å². The fraction of sp³-hybridized carbons (Fsp3) is 0.588. The average molecular weight is 290 g/mol. The van der Waals surface area contributed by atoms with Crippen LogP contribution in [0.1, 0.15) is 48.5 Å². The summed E-state index contributed by atoms with van der Waals surface area (Å²) in [5.41, 5.74) is 7.03. The first kappa shape index (κ1) is 15.8. The molecule has 1 aliphatic rings. The number of nitrogens with zero attached hydrogens (tertiary/aromatic N) is 1. The molecule has 0 bridgehead atoms. The molecule has 0 aromatic heterocycles. The molecule has 4 heteroatoms. The van der Waals surface area contributed by atoms with Gasteiger partial charge in [-0.05, 0) is 50.8 Å². The van der Waals surface area contributed by atoms with E-state index >= 15 is 0 Å². The normalized spacial score (nSPS) is 22.0. The molecule has 4 nitrogen and oxygen atoms in total. The van der Waals surface area contributed by atoms with E-state index in [1.54, 1.807) is 6.07 Å². The Hall–Kier alpha value is -1.55. The van der Waals surface area contributed by atoms with Gasteiger partial charge in [0.25, 0.3) is 5.91 Å². The topological polar surface area (TPSA) is 66.6 Å². The second kappa shape index (κ2) is 6.94. The maximum Gasteiger partial charge on any atom is 0.257 e. The zero-order chi connectivity index (χ0) is 15.4. The van der Waals surface area contributed by atoms with Gasteiger partial charge in [-0.2, -0.15) is 0 Å².